The maximum absolute atomic E-state index is 11.8. The average molecular weight is 383 g/mol. The molecule has 0 radical (unpaired) electrons. The standard InChI is InChI=1S/C22H30N4O2/c1-4-23-20(27)18-13-11-17(12-14-18)15-25-21(24-5-2)26-16-22(3,28)19-9-7-6-8-10-19/h6-14,28H,4-5,15-16H2,1-3H3,(H,23,27)(H2,24,25,26). The van der Waals surface area contributed by atoms with E-state index in [4.69, 9.17) is 0 Å². The van der Waals surface area contributed by atoms with Crippen LogP contribution in [0.1, 0.15) is 42.3 Å². The summed E-state index contributed by atoms with van der Waals surface area (Å²) in [4.78, 5) is 16.4. The molecule has 6 heteroatoms. The van der Waals surface area contributed by atoms with Gasteiger partial charge in [-0.1, -0.05) is 42.5 Å². The van der Waals surface area contributed by atoms with E-state index in [9.17, 15) is 9.90 Å². The number of carbonyl (C=O) groups excluding carboxylic acids is 1. The van der Waals surface area contributed by atoms with Crippen molar-refractivity contribution in [2.45, 2.75) is 32.9 Å². The number of hydrogen-bond donors (Lipinski definition) is 4. The van der Waals surface area contributed by atoms with Crippen LogP contribution in [-0.2, 0) is 12.1 Å². The fraction of sp³-hybridized carbons (Fsp3) is 0.364. The van der Waals surface area contributed by atoms with Crippen LogP contribution in [-0.4, -0.2) is 36.6 Å². The minimum Gasteiger partial charge on any atom is -0.384 e. The predicted molar refractivity (Wildman–Crippen MR) is 113 cm³/mol. The highest BCUT2D eigenvalue weighted by atomic mass is 16.3. The fourth-order valence-corrected chi connectivity index (χ4v) is 2.69. The third-order valence-electron chi connectivity index (χ3n) is 4.31. The number of nitrogens with one attached hydrogen (secondary N) is 3. The van der Waals surface area contributed by atoms with E-state index in [1.54, 1.807) is 19.1 Å². The van der Waals surface area contributed by atoms with E-state index < -0.39 is 5.60 Å². The normalized spacial score (nSPS) is 13.5. The van der Waals surface area contributed by atoms with Gasteiger partial charge in [0.1, 0.15) is 5.60 Å². The van der Waals surface area contributed by atoms with E-state index in [1.165, 1.54) is 0 Å². The van der Waals surface area contributed by atoms with Crippen molar-refractivity contribution in [1.82, 2.24) is 16.0 Å². The number of benzene rings is 2. The Morgan fingerprint density at radius 1 is 0.964 bits per heavy atom. The van der Waals surface area contributed by atoms with Gasteiger partial charge < -0.3 is 21.1 Å². The van der Waals surface area contributed by atoms with Gasteiger partial charge in [0, 0.05) is 18.7 Å². The summed E-state index contributed by atoms with van der Waals surface area (Å²) >= 11 is 0. The van der Waals surface area contributed by atoms with Crippen LogP contribution >= 0.6 is 0 Å². The molecule has 1 amide bonds. The van der Waals surface area contributed by atoms with Gasteiger partial charge in [-0.3, -0.25) is 4.79 Å². The second-order valence-electron chi connectivity index (χ2n) is 6.74. The van der Waals surface area contributed by atoms with Gasteiger partial charge in [0.15, 0.2) is 5.96 Å². The summed E-state index contributed by atoms with van der Waals surface area (Å²) in [5.41, 5.74) is 1.48. The summed E-state index contributed by atoms with van der Waals surface area (Å²) in [7, 11) is 0. The van der Waals surface area contributed by atoms with E-state index in [1.807, 2.05) is 56.3 Å². The van der Waals surface area contributed by atoms with Crippen molar-refractivity contribution in [3.63, 3.8) is 0 Å². The van der Waals surface area contributed by atoms with Crippen molar-refractivity contribution >= 4 is 11.9 Å². The third-order valence-corrected chi connectivity index (χ3v) is 4.31. The first-order chi connectivity index (χ1) is 13.5. The SMILES string of the molecule is CCNC(=O)c1ccc(CN=C(NCC)NCC(C)(O)c2ccccc2)cc1. The molecule has 0 aromatic heterocycles. The van der Waals surface area contributed by atoms with Gasteiger partial charge >= 0.3 is 0 Å². The molecule has 0 bridgehead atoms. The van der Waals surface area contributed by atoms with Gasteiger partial charge in [-0.15, -0.1) is 0 Å². The topological polar surface area (TPSA) is 85.8 Å². The maximum atomic E-state index is 11.8. The molecule has 1 unspecified atom stereocenters. The van der Waals surface area contributed by atoms with Crippen LogP contribution in [0.3, 0.4) is 0 Å². The zero-order valence-electron chi connectivity index (χ0n) is 16.8. The smallest absolute Gasteiger partial charge is 0.251 e. The minimum absolute atomic E-state index is 0.0734. The molecule has 2 aromatic carbocycles. The van der Waals surface area contributed by atoms with Crippen LogP contribution in [0.25, 0.3) is 0 Å². The van der Waals surface area contributed by atoms with Crippen molar-refractivity contribution in [2.24, 2.45) is 4.99 Å². The molecule has 0 fully saturated rings. The summed E-state index contributed by atoms with van der Waals surface area (Å²) in [6.45, 7) is 7.79. The first-order valence-electron chi connectivity index (χ1n) is 9.63. The largest absolute Gasteiger partial charge is 0.384 e. The fourth-order valence-electron chi connectivity index (χ4n) is 2.69. The van der Waals surface area contributed by atoms with Crippen molar-refractivity contribution < 1.29 is 9.90 Å². The molecule has 0 aliphatic heterocycles. The van der Waals surface area contributed by atoms with Crippen molar-refractivity contribution in [1.29, 1.82) is 0 Å². The summed E-state index contributed by atoms with van der Waals surface area (Å²) in [5.74, 6) is 0.558. The lowest BCUT2D eigenvalue weighted by molar-refractivity contribution is 0.0617. The van der Waals surface area contributed by atoms with Crippen molar-refractivity contribution in [3.8, 4) is 0 Å². The Kier molecular flexibility index (Phi) is 8.02. The average Bonchev–Trinajstić information content (AvgIpc) is 2.71. The monoisotopic (exact) mass is 382 g/mol. The van der Waals surface area contributed by atoms with Gasteiger partial charge in [0.2, 0.25) is 0 Å². The summed E-state index contributed by atoms with van der Waals surface area (Å²) in [5, 5.41) is 19.9. The lowest BCUT2D eigenvalue weighted by Crippen LogP contribution is -2.44. The molecule has 6 nitrogen and oxygen atoms in total. The first kappa shape index (κ1) is 21.4. The Labute approximate surface area is 167 Å². The van der Waals surface area contributed by atoms with E-state index in [2.05, 4.69) is 20.9 Å². The number of carbonyl (C=O) groups is 1. The molecule has 0 spiro atoms. The second kappa shape index (κ2) is 10.5. The number of amides is 1. The second-order valence-corrected chi connectivity index (χ2v) is 6.74. The molecule has 2 aromatic rings. The zero-order valence-corrected chi connectivity index (χ0v) is 16.8. The highest BCUT2D eigenvalue weighted by Gasteiger charge is 2.22. The van der Waals surface area contributed by atoms with Gasteiger partial charge in [-0.2, -0.15) is 0 Å². The highest BCUT2D eigenvalue weighted by molar-refractivity contribution is 5.94. The molecule has 0 heterocycles. The van der Waals surface area contributed by atoms with Gasteiger partial charge in [0.05, 0.1) is 13.1 Å². The molecule has 28 heavy (non-hydrogen) atoms. The number of aliphatic hydroxyl groups is 1. The van der Waals surface area contributed by atoms with Crippen LogP contribution in [0.15, 0.2) is 59.6 Å². The summed E-state index contributed by atoms with van der Waals surface area (Å²) in [6.07, 6.45) is 0. The lowest BCUT2D eigenvalue weighted by atomic mass is 9.96. The van der Waals surface area contributed by atoms with Gasteiger partial charge in [-0.25, -0.2) is 4.99 Å². The molecule has 1 atom stereocenters. The Balaban J connectivity index is 1.99. The Hall–Kier alpha value is -2.86. The number of aliphatic imine (C=N–C) groups is 1. The summed E-state index contributed by atoms with van der Waals surface area (Å²) < 4.78 is 0. The van der Waals surface area contributed by atoms with Gasteiger partial charge in [-0.05, 0) is 44.0 Å². The Bertz CT molecular complexity index is 771. The molecule has 0 aliphatic carbocycles. The van der Waals surface area contributed by atoms with E-state index in [-0.39, 0.29) is 5.91 Å². The molecule has 2 rings (SSSR count). The summed E-state index contributed by atoms with van der Waals surface area (Å²) in [6, 6.07) is 17.0. The van der Waals surface area contributed by atoms with Gasteiger partial charge in [0.25, 0.3) is 5.91 Å². The predicted octanol–water partition coefficient (Wildman–Crippen LogP) is 2.40. The molecule has 0 saturated carbocycles. The number of nitrogens with zero attached hydrogens (tertiary/aromatic N) is 1. The van der Waals surface area contributed by atoms with E-state index >= 15 is 0 Å². The number of guanidine groups is 1. The molecular weight excluding hydrogens is 352 g/mol. The van der Waals surface area contributed by atoms with Crippen molar-refractivity contribution in [3.05, 3.63) is 71.3 Å². The third kappa shape index (κ3) is 6.39. The van der Waals surface area contributed by atoms with E-state index in [0.717, 1.165) is 17.7 Å². The Morgan fingerprint density at radius 2 is 1.61 bits per heavy atom. The van der Waals surface area contributed by atoms with Crippen LogP contribution < -0.4 is 16.0 Å². The van der Waals surface area contributed by atoms with Crippen LogP contribution in [0.4, 0.5) is 0 Å². The maximum Gasteiger partial charge on any atom is 0.251 e. The number of rotatable bonds is 8. The first-order valence-corrected chi connectivity index (χ1v) is 9.63. The molecule has 0 aliphatic rings. The molecular formula is C22H30N4O2. The number of hydrogen-bond acceptors (Lipinski definition) is 3. The zero-order chi connectivity index (χ0) is 20.4. The molecule has 4 N–H and O–H groups in total. The van der Waals surface area contributed by atoms with Crippen LogP contribution in [0.2, 0.25) is 0 Å². The Morgan fingerprint density at radius 3 is 2.21 bits per heavy atom. The lowest BCUT2D eigenvalue weighted by Gasteiger charge is -2.25. The minimum atomic E-state index is -1.01. The van der Waals surface area contributed by atoms with Crippen molar-refractivity contribution in [2.75, 3.05) is 19.6 Å². The molecule has 0 saturated heterocycles. The van der Waals surface area contributed by atoms with Crippen LogP contribution in [0, 0.1) is 0 Å². The highest BCUT2D eigenvalue weighted by Crippen LogP contribution is 2.18. The van der Waals surface area contributed by atoms with Crippen LogP contribution in [0.5, 0.6) is 0 Å². The van der Waals surface area contributed by atoms with E-state index in [0.29, 0.717) is 31.2 Å². The quantitative estimate of drug-likeness (QED) is 0.417. The molecule has 150 valence electrons.